The number of aromatic nitrogens is 3. The van der Waals surface area contributed by atoms with Gasteiger partial charge in [0.25, 0.3) is 0 Å². The van der Waals surface area contributed by atoms with Gasteiger partial charge in [-0.05, 0) is 0 Å². The number of nitrogens with one attached hydrogen (secondary N) is 1. The number of aromatic amines is 1. The molecule has 7 nitrogen and oxygen atoms in total. The van der Waals surface area contributed by atoms with E-state index in [1.54, 1.807) is 0 Å². The van der Waals surface area contributed by atoms with Crippen molar-refractivity contribution in [1.82, 2.24) is 15.4 Å². The van der Waals surface area contributed by atoms with Gasteiger partial charge in [0.15, 0.2) is 5.69 Å². The third-order valence-electron chi connectivity index (χ3n) is 1.44. The Labute approximate surface area is 73.2 Å². The number of nitrogens with zero attached hydrogens (tertiary/aromatic N) is 3. The summed E-state index contributed by atoms with van der Waals surface area (Å²) in [7, 11) is 0. The van der Waals surface area contributed by atoms with Gasteiger partial charge in [-0.25, -0.2) is 4.79 Å². The maximum atomic E-state index is 10.5. The van der Waals surface area contributed by atoms with E-state index >= 15 is 0 Å². The van der Waals surface area contributed by atoms with Gasteiger partial charge in [0.2, 0.25) is 0 Å². The van der Waals surface area contributed by atoms with Crippen molar-refractivity contribution in [2.24, 2.45) is 5.73 Å². The molecule has 0 aromatic carbocycles. The minimum absolute atomic E-state index is 0.00676. The summed E-state index contributed by atoms with van der Waals surface area (Å²) in [5.41, 5.74) is 5.35. The van der Waals surface area contributed by atoms with Gasteiger partial charge in [0.1, 0.15) is 5.69 Å². The molecule has 7 heteroatoms. The Hall–Kier alpha value is -1.94. The molecule has 0 aliphatic heterocycles. The highest BCUT2D eigenvalue weighted by atomic mass is 16.4. The minimum Gasteiger partial charge on any atom is -0.476 e. The summed E-state index contributed by atoms with van der Waals surface area (Å²) in [5.74, 6) is -1.21. The lowest BCUT2D eigenvalue weighted by molar-refractivity contribution is 0.0688. The molecule has 1 heterocycles. The van der Waals surface area contributed by atoms with Crippen LogP contribution in [0, 0.1) is 11.3 Å². The van der Waals surface area contributed by atoms with Crippen LogP contribution in [0.2, 0.25) is 0 Å². The van der Waals surface area contributed by atoms with E-state index in [0.29, 0.717) is 0 Å². The van der Waals surface area contributed by atoms with Crippen LogP contribution in [0.15, 0.2) is 0 Å². The van der Waals surface area contributed by atoms with Crippen molar-refractivity contribution in [2.75, 3.05) is 0 Å². The molecule has 0 aliphatic carbocycles. The average Bonchev–Trinajstić information content (AvgIpc) is 2.52. The minimum atomic E-state index is -1.21. The van der Waals surface area contributed by atoms with Crippen molar-refractivity contribution < 1.29 is 9.90 Å². The quantitative estimate of drug-likeness (QED) is 0.571. The second-order valence-corrected chi connectivity index (χ2v) is 2.33. The predicted molar refractivity (Wildman–Crippen MR) is 40.5 cm³/mol. The van der Waals surface area contributed by atoms with E-state index < -0.39 is 12.0 Å². The molecule has 0 bridgehead atoms. The summed E-state index contributed by atoms with van der Waals surface area (Å²) in [6, 6.07) is 1.11. The Kier molecular flexibility index (Phi) is 2.56. The highest BCUT2D eigenvalue weighted by molar-refractivity contribution is 5.86. The number of carbonyl (C=O) groups is 1. The molecule has 1 rings (SSSR count). The highest BCUT2D eigenvalue weighted by Crippen LogP contribution is 2.13. The molecule has 68 valence electrons. The normalized spacial score (nSPS) is 12.0. The van der Waals surface area contributed by atoms with Crippen LogP contribution in [0.4, 0.5) is 0 Å². The topological polar surface area (TPSA) is 129 Å². The molecule has 1 aromatic heterocycles. The fraction of sp³-hybridized carbons (Fsp3) is 0.333. The van der Waals surface area contributed by atoms with E-state index in [0.717, 1.165) is 0 Å². The van der Waals surface area contributed by atoms with E-state index in [9.17, 15) is 4.79 Å². The first-order valence-corrected chi connectivity index (χ1v) is 3.43. The number of carboxylic acid groups (broad SMARTS) is 1. The van der Waals surface area contributed by atoms with Gasteiger partial charge in [-0.2, -0.15) is 15.6 Å². The lowest BCUT2D eigenvalue weighted by Gasteiger charge is -2.01. The van der Waals surface area contributed by atoms with Crippen molar-refractivity contribution in [2.45, 2.75) is 12.5 Å². The Morgan fingerprint density at radius 1 is 1.77 bits per heavy atom. The summed E-state index contributed by atoms with van der Waals surface area (Å²) in [6.45, 7) is 0. The van der Waals surface area contributed by atoms with Gasteiger partial charge in [0, 0.05) is 0 Å². The van der Waals surface area contributed by atoms with Crippen LogP contribution in [-0.4, -0.2) is 26.5 Å². The van der Waals surface area contributed by atoms with Crippen LogP contribution >= 0.6 is 0 Å². The molecule has 0 fully saturated rings. The van der Waals surface area contributed by atoms with Crippen LogP contribution in [-0.2, 0) is 0 Å². The smallest absolute Gasteiger partial charge is 0.358 e. The SMILES string of the molecule is N#CCC(N)c1n[nH]nc1C(=O)O. The number of rotatable bonds is 3. The molecule has 0 spiro atoms. The predicted octanol–water partition coefficient (Wildman–Crippen LogP) is -0.584. The van der Waals surface area contributed by atoms with Gasteiger partial charge in [-0.3, -0.25) is 0 Å². The van der Waals surface area contributed by atoms with E-state index in [4.69, 9.17) is 16.1 Å². The van der Waals surface area contributed by atoms with E-state index in [1.807, 2.05) is 6.07 Å². The summed E-state index contributed by atoms with van der Waals surface area (Å²) >= 11 is 0. The van der Waals surface area contributed by atoms with Crippen LogP contribution in [0.5, 0.6) is 0 Å². The Morgan fingerprint density at radius 3 is 3.00 bits per heavy atom. The molecular formula is C6H7N5O2. The molecule has 1 aromatic rings. The molecule has 1 unspecified atom stereocenters. The van der Waals surface area contributed by atoms with Crippen LogP contribution in [0.1, 0.15) is 28.6 Å². The van der Waals surface area contributed by atoms with Gasteiger partial charge < -0.3 is 10.8 Å². The number of nitriles is 1. The van der Waals surface area contributed by atoms with Crippen molar-refractivity contribution in [3.05, 3.63) is 11.4 Å². The maximum absolute atomic E-state index is 10.5. The van der Waals surface area contributed by atoms with Gasteiger partial charge in [-0.15, -0.1) is 5.10 Å². The lowest BCUT2D eigenvalue weighted by Crippen LogP contribution is -2.14. The summed E-state index contributed by atoms with van der Waals surface area (Å²) in [4.78, 5) is 10.5. The fourth-order valence-corrected chi connectivity index (χ4v) is 0.850. The maximum Gasteiger partial charge on any atom is 0.358 e. The van der Waals surface area contributed by atoms with Crippen molar-refractivity contribution in [3.8, 4) is 6.07 Å². The molecule has 0 radical (unpaired) electrons. The van der Waals surface area contributed by atoms with E-state index in [-0.39, 0.29) is 17.8 Å². The third-order valence-corrected chi connectivity index (χ3v) is 1.44. The Balaban J connectivity index is 2.94. The van der Waals surface area contributed by atoms with Crippen LogP contribution < -0.4 is 5.73 Å². The van der Waals surface area contributed by atoms with Gasteiger partial charge in [-0.1, -0.05) is 0 Å². The van der Waals surface area contributed by atoms with Crippen molar-refractivity contribution in [3.63, 3.8) is 0 Å². The molecule has 0 amide bonds. The highest BCUT2D eigenvalue weighted by Gasteiger charge is 2.20. The molecule has 0 saturated carbocycles. The molecule has 4 N–H and O–H groups in total. The number of nitrogens with two attached hydrogens (primary N) is 1. The van der Waals surface area contributed by atoms with Crippen molar-refractivity contribution >= 4 is 5.97 Å². The summed E-state index contributed by atoms with van der Waals surface area (Å²) < 4.78 is 0. The number of hydrogen-bond donors (Lipinski definition) is 3. The largest absolute Gasteiger partial charge is 0.476 e. The summed E-state index contributed by atoms with van der Waals surface area (Å²) in [6.07, 6.45) is 0.00676. The van der Waals surface area contributed by atoms with Gasteiger partial charge in [0.05, 0.1) is 18.5 Å². The first kappa shape index (κ1) is 9.15. The first-order chi connectivity index (χ1) is 6.16. The third kappa shape index (κ3) is 1.80. The monoisotopic (exact) mass is 181 g/mol. The molecular weight excluding hydrogens is 174 g/mol. The van der Waals surface area contributed by atoms with E-state index in [1.165, 1.54) is 0 Å². The second-order valence-electron chi connectivity index (χ2n) is 2.33. The van der Waals surface area contributed by atoms with Crippen LogP contribution in [0.25, 0.3) is 0 Å². The Morgan fingerprint density at radius 2 is 2.46 bits per heavy atom. The number of hydrogen-bond acceptors (Lipinski definition) is 5. The molecule has 0 saturated heterocycles. The number of aromatic carboxylic acids is 1. The average molecular weight is 181 g/mol. The lowest BCUT2D eigenvalue weighted by atomic mass is 10.1. The molecule has 13 heavy (non-hydrogen) atoms. The fourth-order valence-electron chi connectivity index (χ4n) is 0.850. The standard InChI is InChI=1S/C6H7N5O2/c7-2-1-3(8)4-5(6(12)13)10-11-9-4/h3H,1,8H2,(H,12,13)(H,9,10,11). The summed E-state index contributed by atoms with van der Waals surface area (Å²) in [5, 5.41) is 26.0. The van der Waals surface area contributed by atoms with Crippen LogP contribution in [0.3, 0.4) is 0 Å². The second kappa shape index (κ2) is 3.64. The molecule has 1 atom stereocenters. The zero-order chi connectivity index (χ0) is 9.84. The van der Waals surface area contributed by atoms with Crippen molar-refractivity contribution in [1.29, 1.82) is 5.26 Å². The van der Waals surface area contributed by atoms with Gasteiger partial charge >= 0.3 is 5.97 Å². The Bertz CT molecular complexity index is 352. The zero-order valence-corrected chi connectivity index (χ0v) is 6.56. The number of carboxylic acids is 1. The first-order valence-electron chi connectivity index (χ1n) is 3.43. The number of H-pyrrole nitrogens is 1. The molecule has 0 aliphatic rings. The zero-order valence-electron chi connectivity index (χ0n) is 6.56. The van der Waals surface area contributed by atoms with E-state index in [2.05, 4.69) is 15.4 Å².